The second-order valence-corrected chi connectivity index (χ2v) is 7.75. The lowest BCUT2D eigenvalue weighted by atomic mass is 10.1. The van der Waals surface area contributed by atoms with Gasteiger partial charge in [0, 0.05) is 12.4 Å². The lowest BCUT2D eigenvalue weighted by Crippen LogP contribution is -2.29. The van der Waals surface area contributed by atoms with Gasteiger partial charge in [-0.15, -0.1) is 0 Å². The topological polar surface area (TPSA) is 70.4 Å². The van der Waals surface area contributed by atoms with Crippen LogP contribution in [0.5, 0.6) is 0 Å². The second-order valence-electron chi connectivity index (χ2n) is 6.76. The molecule has 0 bridgehead atoms. The Morgan fingerprint density at radius 1 is 1.44 bits per heavy atom. The molecule has 0 radical (unpaired) electrons. The highest BCUT2D eigenvalue weighted by molar-refractivity contribution is 7.99. The van der Waals surface area contributed by atoms with E-state index in [2.05, 4.69) is 11.1 Å². The van der Waals surface area contributed by atoms with Crippen LogP contribution in [0, 0.1) is 0 Å². The Morgan fingerprint density at radius 3 is 2.93 bits per heavy atom. The van der Waals surface area contributed by atoms with Gasteiger partial charge in [0.15, 0.2) is 5.16 Å². The molecule has 0 saturated carbocycles. The first-order chi connectivity index (χ1) is 13.0. The number of allylic oxidation sites excluding steroid dienone is 1. The van der Waals surface area contributed by atoms with Gasteiger partial charge in [0.1, 0.15) is 0 Å². The number of aromatic nitrogens is 2. The summed E-state index contributed by atoms with van der Waals surface area (Å²) in [7, 11) is 1.33. The normalized spacial score (nSPS) is 16.5. The molecule has 0 N–H and O–H groups in total. The average Bonchev–Trinajstić information content (AvgIpc) is 3.16. The van der Waals surface area contributed by atoms with E-state index < -0.39 is 5.97 Å². The molecule has 1 saturated heterocycles. The van der Waals surface area contributed by atoms with Gasteiger partial charge in [-0.1, -0.05) is 23.4 Å². The SMILES string of the molecule is COC(=O)c1ccc2c(=O)n(C[C@H]3CCCO3)c(SCC=C(C)C)nc2c1. The summed E-state index contributed by atoms with van der Waals surface area (Å²) in [6, 6.07) is 4.86. The molecule has 1 aromatic heterocycles. The van der Waals surface area contributed by atoms with Crippen molar-refractivity contribution in [3.63, 3.8) is 0 Å². The molecule has 1 fully saturated rings. The predicted octanol–water partition coefficient (Wildman–Crippen LogP) is 3.42. The van der Waals surface area contributed by atoms with Crippen LogP contribution in [0.25, 0.3) is 10.9 Å². The van der Waals surface area contributed by atoms with E-state index in [1.807, 2.05) is 13.8 Å². The summed E-state index contributed by atoms with van der Waals surface area (Å²) >= 11 is 1.51. The third-order valence-corrected chi connectivity index (χ3v) is 5.36. The molecule has 27 heavy (non-hydrogen) atoms. The molecule has 7 heteroatoms. The number of rotatable bonds is 6. The summed E-state index contributed by atoms with van der Waals surface area (Å²) in [6.07, 6.45) is 4.11. The van der Waals surface area contributed by atoms with E-state index in [9.17, 15) is 9.59 Å². The van der Waals surface area contributed by atoms with Gasteiger partial charge in [0.25, 0.3) is 5.56 Å². The van der Waals surface area contributed by atoms with E-state index in [0.717, 1.165) is 25.2 Å². The van der Waals surface area contributed by atoms with Crippen LogP contribution in [-0.2, 0) is 16.0 Å². The Hall–Kier alpha value is -2.12. The molecule has 6 nitrogen and oxygen atoms in total. The molecule has 1 atom stereocenters. The van der Waals surface area contributed by atoms with E-state index >= 15 is 0 Å². The van der Waals surface area contributed by atoms with E-state index in [0.29, 0.717) is 28.2 Å². The summed E-state index contributed by atoms with van der Waals surface area (Å²) in [6.45, 7) is 5.31. The first-order valence-electron chi connectivity index (χ1n) is 9.00. The number of fused-ring (bicyclic) bond motifs is 1. The minimum absolute atomic E-state index is 0.0408. The zero-order valence-electron chi connectivity index (χ0n) is 15.9. The Balaban J connectivity index is 2.05. The van der Waals surface area contributed by atoms with Crippen molar-refractivity contribution in [2.75, 3.05) is 19.5 Å². The minimum Gasteiger partial charge on any atom is -0.465 e. The third-order valence-electron chi connectivity index (χ3n) is 4.46. The zero-order chi connectivity index (χ0) is 19.4. The summed E-state index contributed by atoms with van der Waals surface area (Å²) in [5.41, 5.74) is 2.00. The molecule has 1 aromatic carbocycles. The van der Waals surface area contributed by atoms with Crippen LogP contribution >= 0.6 is 11.8 Å². The first kappa shape index (κ1) is 19.6. The molecule has 3 rings (SSSR count). The van der Waals surface area contributed by atoms with Gasteiger partial charge in [0.2, 0.25) is 0 Å². The van der Waals surface area contributed by atoms with Gasteiger partial charge in [-0.25, -0.2) is 9.78 Å². The smallest absolute Gasteiger partial charge is 0.337 e. The van der Waals surface area contributed by atoms with Gasteiger partial charge in [-0.2, -0.15) is 0 Å². The van der Waals surface area contributed by atoms with Crippen molar-refractivity contribution < 1.29 is 14.3 Å². The largest absolute Gasteiger partial charge is 0.465 e. The molecule has 0 spiro atoms. The van der Waals surface area contributed by atoms with E-state index in [1.54, 1.807) is 22.8 Å². The van der Waals surface area contributed by atoms with Crippen molar-refractivity contribution in [1.82, 2.24) is 9.55 Å². The molecule has 0 aliphatic carbocycles. The van der Waals surface area contributed by atoms with Crippen LogP contribution < -0.4 is 5.56 Å². The molecule has 0 unspecified atom stereocenters. The molecular weight excluding hydrogens is 364 g/mol. The second kappa shape index (κ2) is 8.71. The molecule has 0 amide bonds. The standard InChI is InChI=1S/C20H24N2O4S/c1-13(2)8-10-27-20-21-17-11-14(19(24)25-3)6-7-16(17)18(23)22(20)12-15-5-4-9-26-15/h6-8,11,15H,4-5,9-10,12H2,1-3H3/t15-/m1/s1. The number of carbonyl (C=O) groups excluding carboxylic acids is 1. The number of thioether (sulfide) groups is 1. The van der Waals surface area contributed by atoms with Crippen LogP contribution in [-0.4, -0.2) is 41.1 Å². The van der Waals surface area contributed by atoms with Crippen LogP contribution in [0.3, 0.4) is 0 Å². The number of hydrogen-bond acceptors (Lipinski definition) is 6. The Labute approximate surface area is 162 Å². The van der Waals surface area contributed by atoms with Gasteiger partial charge in [-0.05, 0) is 44.9 Å². The highest BCUT2D eigenvalue weighted by Gasteiger charge is 2.20. The maximum atomic E-state index is 13.1. The quantitative estimate of drug-likeness (QED) is 0.327. The summed E-state index contributed by atoms with van der Waals surface area (Å²) in [4.78, 5) is 29.6. The van der Waals surface area contributed by atoms with Crippen molar-refractivity contribution in [1.29, 1.82) is 0 Å². The number of carbonyl (C=O) groups is 1. The Bertz CT molecular complexity index is 925. The number of benzene rings is 1. The highest BCUT2D eigenvalue weighted by Crippen LogP contribution is 2.22. The highest BCUT2D eigenvalue weighted by atomic mass is 32.2. The van der Waals surface area contributed by atoms with Crippen LogP contribution in [0.2, 0.25) is 0 Å². The Kier molecular flexibility index (Phi) is 6.34. The minimum atomic E-state index is -0.444. The van der Waals surface area contributed by atoms with Crippen molar-refractivity contribution in [2.45, 2.75) is 44.5 Å². The van der Waals surface area contributed by atoms with Gasteiger partial charge < -0.3 is 9.47 Å². The maximum Gasteiger partial charge on any atom is 0.337 e. The molecular formula is C20H24N2O4S. The predicted molar refractivity (Wildman–Crippen MR) is 106 cm³/mol. The summed E-state index contributed by atoms with van der Waals surface area (Å²) < 4.78 is 12.2. The van der Waals surface area contributed by atoms with Crippen LogP contribution in [0.4, 0.5) is 0 Å². The van der Waals surface area contributed by atoms with Crippen molar-refractivity contribution in [3.05, 3.63) is 45.8 Å². The van der Waals surface area contributed by atoms with Gasteiger partial charge in [0.05, 0.1) is 36.2 Å². The summed E-state index contributed by atoms with van der Waals surface area (Å²) in [5.74, 6) is 0.281. The fourth-order valence-electron chi connectivity index (χ4n) is 2.99. The number of hydrogen-bond donors (Lipinski definition) is 0. The van der Waals surface area contributed by atoms with E-state index in [4.69, 9.17) is 9.47 Å². The summed E-state index contributed by atoms with van der Waals surface area (Å²) in [5, 5.41) is 1.13. The lowest BCUT2D eigenvalue weighted by Gasteiger charge is -2.16. The fraction of sp³-hybridized carbons (Fsp3) is 0.450. The monoisotopic (exact) mass is 388 g/mol. The number of esters is 1. The van der Waals surface area contributed by atoms with E-state index in [1.165, 1.54) is 24.4 Å². The maximum absolute atomic E-state index is 13.1. The van der Waals surface area contributed by atoms with Crippen molar-refractivity contribution >= 4 is 28.6 Å². The molecule has 2 aromatic rings. The molecule has 2 heterocycles. The average molecular weight is 388 g/mol. The van der Waals surface area contributed by atoms with E-state index in [-0.39, 0.29) is 11.7 Å². The lowest BCUT2D eigenvalue weighted by molar-refractivity contribution is 0.0601. The molecule has 1 aliphatic heterocycles. The molecule has 1 aliphatic rings. The number of nitrogens with zero attached hydrogens (tertiary/aromatic N) is 2. The Morgan fingerprint density at radius 2 is 2.26 bits per heavy atom. The van der Waals surface area contributed by atoms with Crippen LogP contribution in [0.15, 0.2) is 39.8 Å². The van der Waals surface area contributed by atoms with Crippen molar-refractivity contribution in [2.24, 2.45) is 0 Å². The fourth-order valence-corrected chi connectivity index (χ4v) is 4.03. The zero-order valence-corrected chi connectivity index (χ0v) is 16.7. The van der Waals surface area contributed by atoms with Crippen LogP contribution in [0.1, 0.15) is 37.0 Å². The third kappa shape index (κ3) is 4.59. The number of methoxy groups -OCH3 is 1. The number of ether oxygens (including phenoxy) is 2. The first-order valence-corrected chi connectivity index (χ1v) is 9.99. The van der Waals surface area contributed by atoms with Gasteiger partial charge >= 0.3 is 5.97 Å². The molecule has 144 valence electrons. The van der Waals surface area contributed by atoms with Gasteiger partial charge in [-0.3, -0.25) is 9.36 Å². The van der Waals surface area contributed by atoms with Crippen molar-refractivity contribution in [3.8, 4) is 0 Å².